The smallest absolute Gasteiger partial charge is 0.142 e. The molecule has 7 nitrogen and oxygen atoms in total. The molecule has 0 bridgehead atoms. The summed E-state index contributed by atoms with van der Waals surface area (Å²) < 4.78 is 38.9. The molecule has 0 saturated carbocycles. The average Bonchev–Trinajstić information content (AvgIpc) is 3.29. The average molecular weight is 554 g/mol. The van der Waals surface area contributed by atoms with Gasteiger partial charge in [0.25, 0.3) is 0 Å². The first-order valence-electron chi connectivity index (χ1n) is 13.7. The van der Waals surface area contributed by atoms with Crippen LogP contribution in [0.1, 0.15) is 11.1 Å². The normalized spacial score (nSPS) is 23.6. The van der Waals surface area contributed by atoms with Crippen molar-refractivity contribution in [2.24, 2.45) is 0 Å². The molecule has 2 aliphatic rings. The Hall–Kier alpha value is -3.08. The lowest BCUT2D eigenvalue weighted by Crippen LogP contribution is -2.57. The molecule has 0 aromatic heterocycles. The molecule has 3 aromatic rings. The van der Waals surface area contributed by atoms with Crippen LogP contribution in [-0.4, -0.2) is 90.8 Å². The number of hydrogen-bond acceptors (Lipinski definition) is 7. The van der Waals surface area contributed by atoms with Gasteiger partial charge in [0.05, 0.1) is 31.5 Å². The Bertz CT molecular complexity index is 1170. The van der Waals surface area contributed by atoms with Crippen LogP contribution in [0.4, 0.5) is 14.5 Å². The first-order chi connectivity index (χ1) is 19.4. The summed E-state index contributed by atoms with van der Waals surface area (Å²) in [4.78, 5) is 6.70. The van der Waals surface area contributed by atoms with E-state index in [4.69, 9.17) is 9.47 Å². The van der Waals surface area contributed by atoms with Crippen LogP contribution in [0.15, 0.2) is 72.8 Å². The number of benzene rings is 3. The van der Waals surface area contributed by atoms with Crippen molar-refractivity contribution in [1.29, 1.82) is 0 Å². The molecular formula is C31H37F2N3O4. The van der Waals surface area contributed by atoms with Gasteiger partial charge in [-0.3, -0.25) is 9.80 Å². The third kappa shape index (κ3) is 6.62. The first kappa shape index (κ1) is 28.4. The number of para-hydroxylation sites is 2. The summed E-state index contributed by atoms with van der Waals surface area (Å²) in [5, 5.41) is 21.2. The molecule has 2 fully saturated rings. The van der Waals surface area contributed by atoms with Gasteiger partial charge in [0.1, 0.15) is 29.6 Å². The number of nitrogens with zero attached hydrogens (tertiary/aromatic N) is 3. The number of aliphatic hydroxyl groups is 2. The minimum atomic E-state index is -0.841. The summed E-state index contributed by atoms with van der Waals surface area (Å²) in [6.07, 6.45) is -1.89. The number of aliphatic hydroxyl groups excluding tert-OH is 2. The predicted octanol–water partition coefficient (Wildman–Crippen LogP) is 3.29. The van der Waals surface area contributed by atoms with E-state index < -0.39 is 12.2 Å². The number of ether oxygens (including phenoxy) is 2. The summed E-state index contributed by atoms with van der Waals surface area (Å²) in [6, 6.07) is 20.4. The Labute approximate surface area is 234 Å². The molecule has 4 unspecified atom stereocenters. The molecule has 40 heavy (non-hydrogen) atoms. The topological polar surface area (TPSA) is 68.6 Å². The molecule has 0 radical (unpaired) electrons. The molecule has 0 spiro atoms. The molecule has 2 heterocycles. The van der Waals surface area contributed by atoms with E-state index in [2.05, 4.69) is 20.8 Å². The summed E-state index contributed by atoms with van der Waals surface area (Å²) >= 11 is 0. The second-order valence-corrected chi connectivity index (χ2v) is 10.5. The van der Waals surface area contributed by atoms with E-state index in [1.807, 2.05) is 18.2 Å². The van der Waals surface area contributed by atoms with Crippen molar-refractivity contribution in [3.05, 3.63) is 95.6 Å². The summed E-state index contributed by atoms with van der Waals surface area (Å²) in [5.41, 5.74) is 2.91. The second kappa shape index (κ2) is 13.1. The minimum Gasteiger partial charge on any atom is -0.495 e. The van der Waals surface area contributed by atoms with Crippen molar-refractivity contribution in [1.82, 2.24) is 9.80 Å². The van der Waals surface area contributed by atoms with Crippen molar-refractivity contribution < 1.29 is 28.5 Å². The Kier molecular flexibility index (Phi) is 9.29. The SMILES string of the molecule is COc1ccccc1N1CCN(C2C(CN(Cc3ccc(F)cc3)Cc3ccc(F)cc3)OC(CO)C2O)CC1. The van der Waals surface area contributed by atoms with Crippen molar-refractivity contribution in [3.8, 4) is 5.75 Å². The largest absolute Gasteiger partial charge is 0.495 e. The van der Waals surface area contributed by atoms with Gasteiger partial charge in [-0.1, -0.05) is 36.4 Å². The van der Waals surface area contributed by atoms with Crippen molar-refractivity contribution in [3.63, 3.8) is 0 Å². The van der Waals surface area contributed by atoms with Crippen LogP contribution in [0.2, 0.25) is 0 Å². The molecule has 2 aliphatic heterocycles. The maximum absolute atomic E-state index is 13.6. The van der Waals surface area contributed by atoms with E-state index in [1.165, 1.54) is 24.3 Å². The van der Waals surface area contributed by atoms with E-state index in [0.29, 0.717) is 32.7 Å². The van der Waals surface area contributed by atoms with Crippen LogP contribution >= 0.6 is 0 Å². The van der Waals surface area contributed by atoms with Crippen molar-refractivity contribution >= 4 is 5.69 Å². The van der Waals surface area contributed by atoms with Gasteiger partial charge in [0.2, 0.25) is 0 Å². The Morgan fingerprint density at radius 2 is 1.43 bits per heavy atom. The number of halogens is 2. The molecule has 2 N–H and O–H groups in total. The fourth-order valence-electron chi connectivity index (χ4n) is 5.87. The van der Waals surface area contributed by atoms with Gasteiger partial charge in [-0.15, -0.1) is 0 Å². The Morgan fingerprint density at radius 1 is 0.850 bits per heavy atom. The Balaban J connectivity index is 1.32. The molecule has 0 amide bonds. The lowest BCUT2D eigenvalue weighted by molar-refractivity contribution is -0.0325. The van der Waals surface area contributed by atoms with Gasteiger partial charge >= 0.3 is 0 Å². The van der Waals surface area contributed by atoms with Crippen LogP contribution < -0.4 is 9.64 Å². The van der Waals surface area contributed by atoms with E-state index in [0.717, 1.165) is 35.7 Å². The van der Waals surface area contributed by atoms with Crippen molar-refractivity contribution in [2.75, 3.05) is 51.3 Å². The fourth-order valence-corrected chi connectivity index (χ4v) is 5.87. The van der Waals surface area contributed by atoms with Gasteiger partial charge in [0.15, 0.2) is 0 Å². The van der Waals surface area contributed by atoms with Crippen LogP contribution in [0.3, 0.4) is 0 Å². The third-order valence-electron chi connectivity index (χ3n) is 7.88. The summed E-state index contributed by atoms with van der Waals surface area (Å²) in [6.45, 7) is 4.19. The highest BCUT2D eigenvalue weighted by molar-refractivity contribution is 5.58. The van der Waals surface area contributed by atoms with Gasteiger partial charge in [-0.25, -0.2) is 8.78 Å². The molecular weight excluding hydrogens is 516 g/mol. The zero-order chi connectivity index (χ0) is 28.1. The van der Waals surface area contributed by atoms with Crippen LogP contribution in [0.25, 0.3) is 0 Å². The van der Waals surface area contributed by atoms with Crippen LogP contribution in [-0.2, 0) is 17.8 Å². The number of piperazine rings is 1. The zero-order valence-corrected chi connectivity index (χ0v) is 22.7. The number of anilines is 1. The quantitative estimate of drug-likeness (QED) is 0.400. The van der Waals surface area contributed by atoms with E-state index in [9.17, 15) is 19.0 Å². The summed E-state index contributed by atoms with van der Waals surface area (Å²) in [7, 11) is 1.67. The highest BCUT2D eigenvalue weighted by Gasteiger charge is 2.47. The van der Waals surface area contributed by atoms with E-state index in [1.54, 1.807) is 31.4 Å². The predicted molar refractivity (Wildman–Crippen MR) is 149 cm³/mol. The standard InChI is InChI=1S/C31H37F2N3O4/c1-39-27-5-3-2-4-26(27)35-14-16-36(17-15-35)30-28(40-29(21-37)31(30)38)20-34(18-22-6-10-24(32)11-7-22)19-23-8-12-25(33)13-9-23/h2-13,28-31,37-38H,14-21H2,1H3. The third-order valence-corrected chi connectivity index (χ3v) is 7.88. The second-order valence-electron chi connectivity index (χ2n) is 10.5. The van der Waals surface area contributed by atoms with E-state index >= 15 is 0 Å². The lowest BCUT2D eigenvalue weighted by atomic mass is 10.0. The fraction of sp³-hybridized carbons (Fsp3) is 0.419. The van der Waals surface area contributed by atoms with Gasteiger partial charge in [0, 0.05) is 45.8 Å². The summed E-state index contributed by atoms with van der Waals surface area (Å²) in [5.74, 6) is 0.235. The van der Waals surface area contributed by atoms with Gasteiger partial charge < -0.3 is 24.6 Å². The molecule has 3 aromatic carbocycles. The van der Waals surface area contributed by atoms with Crippen LogP contribution in [0, 0.1) is 11.6 Å². The molecule has 9 heteroatoms. The lowest BCUT2D eigenvalue weighted by Gasteiger charge is -2.42. The zero-order valence-electron chi connectivity index (χ0n) is 22.7. The number of rotatable bonds is 10. The van der Waals surface area contributed by atoms with Gasteiger partial charge in [-0.2, -0.15) is 0 Å². The number of hydrogen-bond donors (Lipinski definition) is 2. The van der Waals surface area contributed by atoms with Crippen LogP contribution in [0.5, 0.6) is 5.75 Å². The maximum Gasteiger partial charge on any atom is 0.142 e. The Morgan fingerprint density at radius 3 is 1.98 bits per heavy atom. The molecule has 2 saturated heterocycles. The van der Waals surface area contributed by atoms with E-state index in [-0.39, 0.29) is 30.4 Å². The monoisotopic (exact) mass is 553 g/mol. The molecule has 5 rings (SSSR count). The number of methoxy groups -OCH3 is 1. The van der Waals surface area contributed by atoms with Gasteiger partial charge in [-0.05, 0) is 47.5 Å². The molecule has 4 atom stereocenters. The maximum atomic E-state index is 13.6. The molecule has 0 aliphatic carbocycles. The highest BCUT2D eigenvalue weighted by atomic mass is 19.1. The first-order valence-corrected chi connectivity index (χ1v) is 13.7. The highest BCUT2D eigenvalue weighted by Crippen LogP contribution is 2.32. The molecule has 214 valence electrons. The van der Waals surface area contributed by atoms with Crippen molar-refractivity contribution in [2.45, 2.75) is 37.4 Å². The minimum absolute atomic E-state index is 0.273.